The molecule has 0 atom stereocenters. The molecule has 188 valence electrons. The Kier molecular flexibility index (Phi) is 7.31. The molecule has 0 saturated carbocycles. The Labute approximate surface area is 217 Å². The number of para-hydroxylation sites is 2. The van der Waals surface area contributed by atoms with Crippen molar-refractivity contribution in [1.82, 2.24) is 20.2 Å². The highest BCUT2D eigenvalue weighted by Gasteiger charge is 2.26. The topological polar surface area (TPSA) is 117 Å². The molecule has 1 aromatic heterocycles. The smallest absolute Gasteiger partial charge is 0.321 e. The van der Waals surface area contributed by atoms with Crippen molar-refractivity contribution < 1.29 is 19.1 Å². The fourth-order valence-corrected chi connectivity index (χ4v) is 4.57. The fraction of sp³-hybridized carbons (Fsp3) is 0.192. The number of carbonyl (C=O) groups excluding carboxylic acids is 3. The lowest BCUT2D eigenvalue weighted by Crippen LogP contribution is -2.38. The Hall–Kier alpha value is -4.38. The Morgan fingerprint density at radius 2 is 1.73 bits per heavy atom. The van der Waals surface area contributed by atoms with Gasteiger partial charge < -0.3 is 19.9 Å². The summed E-state index contributed by atoms with van der Waals surface area (Å²) in [4.78, 5) is 49.7. The van der Waals surface area contributed by atoms with Crippen LogP contribution in [0.2, 0.25) is 0 Å². The molecule has 37 heavy (non-hydrogen) atoms. The molecule has 2 aliphatic heterocycles. The number of rotatable bonds is 5. The minimum Gasteiger partial charge on any atom is -0.439 e. The average Bonchev–Trinajstić information content (AvgIpc) is 3.07. The van der Waals surface area contributed by atoms with Crippen LogP contribution >= 0.6 is 11.8 Å². The third-order valence-electron chi connectivity index (χ3n) is 5.69. The fourth-order valence-electron chi connectivity index (χ4n) is 3.91. The zero-order chi connectivity index (χ0) is 25.6. The monoisotopic (exact) mass is 516 g/mol. The molecule has 0 radical (unpaired) electrons. The summed E-state index contributed by atoms with van der Waals surface area (Å²) in [5.74, 6) is 0.866. The summed E-state index contributed by atoms with van der Waals surface area (Å²) < 4.78 is 5.96. The van der Waals surface area contributed by atoms with Crippen LogP contribution in [0.15, 0.2) is 71.6 Å². The molecule has 4 amide bonds. The van der Waals surface area contributed by atoms with Gasteiger partial charge in [0.15, 0.2) is 0 Å². The predicted octanol–water partition coefficient (Wildman–Crippen LogP) is 4.34. The maximum Gasteiger partial charge on any atom is 0.321 e. The van der Waals surface area contributed by atoms with E-state index in [1.807, 2.05) is 65.6 Å². The number of anilines is 2. The molecule has 2 aliphatic rings. The van der Waals surface area contributed by atoms with Crippen molar-refractivity contribution in [3.63, 3.8) is 0 Å². The summed E-state index contributed by atoms with van der Waals surface area (Å²) >= 11 is 0.823. The van der Waals surface area contributed by atoms with E-state index in [0.717, 1.165) is 23.9 Å². The molecule has 0 unspecified atom stereocenters. The van der Waals surface area contributed by atoms with Gasteiger partial charge in [-0.05, 0) is 48.5 Å². The lowest BCUT2D eigenvalue weighted by atomic mass is 10.3. The van der Waals surface area contributed by atoms with Gasteiger partial charge in [-0.15, -0.1) is 0 Å². The van der Waals surface area contributed by atoms with Crippen LogP contribution in [0.5, 0.6) is 11.6 Å². The number of urea groups is 1. The normalized spacial score (nSPS) is 16.9. The molecular formula is C26H24N6O4S. The van der Waals surface area contributed by atoms with Crippen LogP contribution in [0.25, 0.3) is 6.08 Å². The number of amides is 4. The number of carbonyl (C=O) groups is 3. The maximum atomic E-state index is 12.8. The molecule has 0 aliphatic carbocycles. The molecule has 2 N–H and O–H groups in total. The number of hydrogen-bond donors (Lipinski definition) is 2. The second-order valence-electron chi connectivity index (χ2n) is 8.32. The van der Waals surface area contributed by atoms with Crippen molar-refractivity contribution in [2.45, 2.75) is 6.42 Å². The van der Waals surface area contributed by atoms with E-state index < -0.39 is 11.1 Å². The van der Waals surface area contributed by atoms with E-state index in [1.54, 1.807) is 17.0 Å². The van der Waals surface area contributed by atoms with Gasteiger partial charge in [0.05, 0.1) is 10.6 Å². The highest BCUT2D eigenvalue weighted by Crippen LogP contribution is 2.28. The lowest BCUT2D eigenvalue weighted by Gasteiger charge is -2.23. The quantitative estimate of drug-likeness (QED) is 0.481. The predicted molar refractivity (Wildman–Crippen MR) is 142 cm³/mol. The van der Waals surface area contributed by atoms with Gasteiger partial charge in [-0.3, -0.25) is 14.9 Å². The van der Waals surface area contributed by atoms with Gasteiger partial charge in [0.2, 0.25) is 11.8 Å². The number of imide groups is 1. The minimum atomic E-state index is -0.462. The number of ether oxygens (including phenoxy) is 1. The zero-order valence-corrected chi connectivity index (χ0v) is 20.6. The van der Waals surface area contributed by atoms with Gasteiger partial charge in [0, 0.05) is 37.9 Å². The van der Waals surface area contributed by atoms with Crippen LogP contribution in [0.4, 0.5) is 21.2 Å². The number of nitrogens with zero attached hydrogens (tertiary/aromatic N) is 4. The summed E-state index contributed by atoms with van der Waals surface area (Å²) in [6, 6.07) is 20.0. The highest BCUT2D eigenvalue weighted by atomic mass is 32.2. The molecule has 2 aromatic carbocycles. The average molecular weight is 517 g/mol. The molecule has 11 heteroatoms. The Morgan fingerprint density at radius 1 is 0.973 bits per heavy atom. The summed E-state index contributed by atoms with van der Waals surface area (Å²) in [6.07, 6.45) is 2.27. The van der Waals surface area contributed by atoms with Gasteiger partial charge in [-0.2, -0.15) is 4.98 Å². The van der Waals surface area contributed by atoms with E-state index in [1.165, 1.54) is 0 Å². The third kappa shape index (κ3) is 6.25. The number of benzene rings is 2. The van der Waals surface area contributed by atoms with Gasteiger partial charge in [0.1, 0.15) is 5.75 Å². The summed E-state index contributed by atoms with van der Waals surface area (Å²) in [7, 11) is 0. The second-order valence-corrected chi connectivity index (χ2v) is 9.34. The van der Waals surface area contributed by atoms with Crippen molar-refractivity contribution in [2.24, 2.45) is 0 Å². The molecule has 5 rings (SSSR count). The van der Waals surface area contributed by atoms with Crippen LogP contribution < -0.4 is 20.3 Å². The molecular weight excluding hydrogens is 492 g/mol. The Morgan fingerprint density at radius 3 is 2.46 bits per heavy atom. The van der Waals surface area contributed by atoms with E-state index in [2.05, 4.69) is 20.6 Å². The number of hydrogen-bond acceptors (Lipinski definition) is 8. The first-order valence-electron chi connectivity index (χ1n) is 11.8. The van der Waals surface area contributed by atoms with Crippen LogP contribution in [-0.4, -0.2) is 58.2 Å². The van der Waals surface area contributed by atoms with Crippen molar-refractivity contribution in [3.05, 3.63) is 77.3 Å². The number of nitrogens with one attached hydrogen (secondary N) is 2. The van der Waals surface area contributed by atoms with E-state index in [0.29, 0.717) is 49.5 Å². The van der Waals surface area contributed by atoms with E-state index in [9.17, 15) is 14.4 Å². The summed E-state index contributed by atoms with van der Waals surface area (Å²) in [5, 5.41) is 4.75. The Balaban J connectivity index is 1.36. The molecule has 10 nitrogen and oxygen atoms in total. The highest BCUT2D eigenvalue weighted by molar-refractivity contribution is 8.18. The molecule has 0 bridgehead atoms. The van der Waals surface area contributed by atoms with Crippen molar-refractivity contribution in [1.29, 1.82) is 0 Å². The van der Waals surface area contributed by atoms with Crippen molar-refractivity contribution in [2.75, 3.05) is 36.4 Å². The molecule has 0 spiro atoms. The van der Waals surface area contributed by atoms with Crippen LogP contribution in [0, 0.1) is 0 Å². The number of thioether (sulfide) groups is 1. The lowest BCUT2D eigenvalue weighted by molar-refractivity contribution is -0.115. The van der Waals surface area contributed by atoms with E-state index in [4.69, 9.17) is 4.74 Å². The maximum absolute atomic E-state index is 12.8. The minimum absolute atomic E-state index is 0.158. The van der Waals surface area contributed by atoms with Gasteiger partial charge in [-0.1, -0.05) is 36.4 Å². The van der Waals surface area contributed by atoms with Crippen LogP contribution in [0.3, 0.4) is 0 Å². The molecule has 2 fully saturated rings. The first kappa shape index (κ1) is 24.3. The van der Waals surface area contributed by atoms with Crippen molar-refractivity contribution >= 4 is 46.7 Å². The molecule has 3 heterocycles. The van der Waals surface area contributed by atoms with Crippen LogP contribution in [-0.2, 0) is 4.79 Å². The van der Waals surface area contributed by atoms with Gasteiger partial charge in [0.25, 0.3) is 11.1 Å². The van der Waals surface area contributed by atoms with E-state index >= 15 is 0 Å². The SMILES string of the molecule is O=C1NC(=O)/C(=C\c2cc(Oc3ccccc3)nc(N3CCCN(C(=O)Nc4ccccc4)CC3)n2)S1. The van der Waals surface area contributed by atoms with E-state index in [-0.39, 0.29) is 10.9 Å². The van der Waals surface area contributed by atoms with Crippen LogP contribution in [0.1, 0.15) is 12.1 Å². The van der Waals surface area contributed by atoms with Crippen molar-refractivity contribution in [3.8, 4) is 11.6 Å². The standard InChI is InChI=1S/C26H24N6O4S/c33-23-21(37-26(35)30-23)16-19-17-22(36-20-10-5-2-6-11-20)29-24(27-19)31-12-7-13-32(15-14-31)25(34)28-18-8-3-1-4-9-18/h1-6,8-11,16-17H,7,12-15H2,(H,28,34)(H,30,33,35)/b21-16+. The number of aromatic nitrogens is 2. The summed E-state index contributed by atoms with van der Waals surface area (Å²) in [5.41, 5.74) is 1.18. The van der Waals surface area contributed by atoms with Gasteiger partial charge in [-0.25, -0.2) is 9.78 Å². The largest absolute Gasteiger partial charge is 0.439 e. The first-order valence-corrected chi connectivity index (χ1v) is 12.6. The third-order valence-corrected chi connectivity index (χ3v) is 6.50. The summed E-state index contributed by atoms with van der Waals surface area (Å²) in [6.45, 7) is 2.22. The molecule has 3 aromatic rings. The van der Waals surface area contributed by atoms with Gasteiger partial charge >= 0.3 is 6.03 Å². The second kappa shape index (κ2) is 11.1. The first-order chi connectivity index (χ1) is 18.0. The molecule has 2 saturated heterocycles. The zero-order valence-electron chi connectivity index (χ0n) is 19.8. The Bertz CT molecular complexity index is 1340.